The molecule has 0 radical (unpaired) electrons. The SMILES string of the molecule is CC(C)CN1CC(CC#N)N(C)CCC1C. The van der Waals surface area contributed by atoms with Crippen LogP contribution in [0.1, 0.15) is 33.6 Å². The van der Waals surface area contributed by atoms with Crippen LogP contribution in [-0.2, 0) is 0 Å². The van der Waals surface area contributed by atoms with Crippen molar-refractivity contribution in [3.8, 4) is 6.07 Å². The van der Waals surface area contributed by atoms with E-state index in [2.05, 4.69) is 43.7 Å². The normalized spacial score (nSPS) is 29.0. The molecule has 0 aromatic carbocycles. The Hall–Kier alpha value is -0.590. The molecule has 92 valence electrons. The lowest BCUT2D eigenvalue weighted by Crippen LogP contribution is -2.42. The molecule has 2 unspecified atom stereocenters. The highest BCUT2D eigenvalue weighted by molar-refractivity contribution is 4.88. The predicted octanol–water partition coefficient (Wildman–Crippen LogP) is 1.95. The molecule has 2 atom stereocenters. The van der Waals surface area contributed by atoms with Crippen LogP contribution in [0.5, 0.6) is 0 Å². The first-order valence-electron chi connectivity index (χ1n) is 6.35. The molecular formula is C13H25N3. The smallest absolute Gasteiger partial charge is 0.0638 e. The van der Waals surface area contributed by atoms with Crippen molar-refractivity contribution in [1.29, 1.82) is 5.26 Å². The van der Waals surface area contributed by atoms with E-state index in [1.165, 1.54) is 6.42 Å². The van der Waals surface area contributed by atoms with Crippen LogP contribution in [0.4, 0.5) is 0 Å². The Bertz CT molecular complexity index is 244. The van der Waals surface area contributed by atoms with Crippen molar-refractivity contribution in [2.24, 2.45) is 5.92 Å². The number of nitriles is 1. The third kappa shape index (κ3) is 3.77. The van der Waals surface area contributed by atoms with Crippen LogP contribution in [0.2, 0.25) is 0 Å². The van der Waals surface area contributed by atoms with E-state index in [-0.39, 0.29) is 0 Å². The Kier molecular flexibility index (Phi) is 5.24. The molecule has 1 aliphatic rings. The van der Waals surface area contributed by atoms with E-state index >= 15 is 0 Å². The van der Waals surface area contributed by atoms with Gasteiger partial charge in [0.1, 0.15) is 0 Å². The second-order valence-corrected chi connectivity index (χ2v) is 5.48. The summed E-state index contributed by atoms with van der Waals surface area (Å²) in [6, 6.07) is 3.37. The highest BCUT2D eigenvalue weighted by atomic mass is 15.2. The summed E-state index contributed by atoms with van der Waals surface area (Å²) >= 11 is 0. The van der Waals surface area contributed by atoms with E-state index in [0.717, 1.165) is 19.6 Å². The van der Waals surface area contributed by atoms with Gasteiger partial charge in [-0.15, -0.1) is 0 Å². The van der Waals surface area contributed by atoms with Crippen molar-refractivity contribution < 1.29 is 0 Å². The summed E-state index contributed by atoms with van der Waals surface area (Å²) in [6.45, 7) is 10.1. The van der Waals surface area contributed by atoms with Crippen molar-refractivity contribution in [3.05, 3.63) is 0 Å². The number of likely N-dealkylation sites (N-methyl/N-ethyl adjacent to an activating group) is 1. The van der Waals surface area contributed by atoms with Crippen LogP contribution in [0.3, 0.4) is 0 Å². The second kappa shape index (κ2) is 6.22. The van der Waals surface area contributed by atoms with Crippen LogP contribution in [0.25, 0.3) is 0 Å². The molecule has 3 nitrogen and oxygen atoms in total. The van der Waals surface area contributed by atoms with Crippen molar-refractivity contribution in [1.82, 2.24) is 9.80 Å². The number of rotatable bonds is 3. The number of hydrogen-bond acceptors (Lipinski definition) is 3. The monoisotopic (exact) mass is 223 g/mol. The van der Waals surface area contributed by atoms with Crippen LogP contribution in [-0.4, -0.2) is 48.6 Å². The number of nitrogens with zero attached hydrogens (tertiary/aromatic N) is 3. The summed E-state index contributed by atoms with van der Waals surface area (Å²) in [5.41, 5.74) is 0. The first kappa shape index (κ1) is 13.5. The van der Waals surface area contributed by atoms with Gasteiger partial charge in [-0.05, 0) is 32.9 Å². The summed E-state index contributed by atoms with van der Waals surface area (Å²) in [6.07, 6.45) is 1.86. The van der Waals surface area contributed by atoms with E-state index in [0.29, 0.717) is 24.4 Å². The van der Waals surface area contributed by atoms with Crippen LogP contribution in [0, 0.1) is 17.2 Å². The predicted molar refractivity (Wildman–Crippen MR) is 67.1 cm³/mol. The van der Waals surface area contributed by atoms with Crippen molar-refractivity contribution >= 4 is 0 Å². The average Bonchev–Trinajstić information content (AvgIpc) is 2.33. The van der Waals surface area contributed by atoms with Gasteiger partial charge in [-0.2, -0.15) is 5.26 Å². The zero-order chi connectivity index (χ0) is 12.1. The highest BCUT2D eigenvalue weighted by Crippen LogP contribution is 2.17. The fourth-order valence-electron chi connectivity index (χ4n) is 2.39. The first-order chi connectivity index (χ1) is 7.54. The molecule has 0 aromatic rings. The maximum absolute atomic E-state index is 8.87. The van der Waals surface area contributed by atoms with Crippen LogP contribution in [0.15, 0.2) is 0 Å². The topological polar surface area (TPSA) is 30.3 Å². The number of hydrogen-bond donors (Lipinski definition) is 0. The van der Waals surface area contributed by atoms with Gasteiger partial charge < -0.3 is 4.90 Å². The molecule has 16 heavy (non-hydrogen) atoms. The lowest BCUT2D eigenvalue weighted by Gasteiger charge is -2.31. The summed E-state index contributed by atoms with van der Waals surface area (Å²) in [5, 5.41) is 8.87. The maximum atomic E-state index is 8.87. The van der Waals surface area contributed by atoms with Crippen molar-refractivity contribution in [2.75, 3.05) is 26.7 Å². The van der Waals surface area contributed by atoms with Gasteiger partial charge in [0.25, 0.3) is 0 Å². The Morgan fingerprint density at radius 3 is 2.69 bits per heavy atom. The second-order valence-electron chi connectivity index (χ2n) is 5.48. The molecule has 1 saturated heterocycles. The van der Waals surface area contributed by atoms with E-state index in [1.807, 2.05) is 0 Å². The minimum absolute atomic E-state index is 0.411. The fraction of sp³-hybridized carbons (Fsp3) is 0.923. The molecule has 1 aliphatic heterocycles. The summed E-state index contributed by atoms with van der Waals surface area (Å²) < 4.78 is 0. The average molecular weight is 223 g/mol. The van der Waals surface area contributed by atoms with E-state index in [9.17, 15) is 0 Å². The van der Waals surface area contributed by atoms with E-state index in [4.69, 9.17) is 5.26 Å². The molecule has 0 aliphatic carbocycles. The van der Waals surface area contributed by atoms with Gasteiger partial charge in [0.05, 0.1) is 12.5 Å². The molecule has 3 heteroatoms. The van der Waals surface area contributed by atoms with Crippen molar-refractivity contribution in [3.63, 3.8) is 0 Å². The quantitative estimate of drug-likeness (QED) is 0.732. The molecule has 0 bridgehead atoms. The minimum Gasteiger partial charge on any atom is -0.301 e. The molecule has 0 spiro atoms. The van der Waals surface area contributed by atoms with Gasteiger partial charge in [0, 0.05) is 25.2 Å². The first-order valence-corrected chi connectivity index (χ1v) is 6.35. The van der Waals surface area contributed by atoms with Gasteiger partial charge in [-0.3, -0.25) is 4.90 Å². The molecule has 1 heterocycles. The van der Waals surface area contributed by atoms with Crippen molar-refractivity contribution in [2.45, 2.75) is 45.7 Å². The van der Waals surface area contributed by atoms with Gasteiger partial charge in [-0.1, -0.05) is 13.8 Å². The molecule has 1 rings (SSSR count). The maximum Gasteiger partial charge on any atom is 0.0638 e. The largest absolute Gasteiger partial charge is 0.301 e. The Morgan fingerprint density at radius 1 is 1.44 bits per heavy atom. The lowest BCUT2D eigenvalue weighted by atomic mass is 10.1. The van der Waals surface area contributed by atoms with Gasteiger partial charge in [0.2, 0.25) is 0 Å². The Labute approximate surface area is 100 Å². The molecule has 1 fully saturated rings. The molecule has 0 amide bonds. The lowest BCUT2D eigenvalue weighted by molar-refractivity contribution is 0.166. The fourth-order valence-corrected chi connectivity index (χ4v) is 2.39. The highest BCUT2D eigenvalue weighted by Gasteiger charge is 2.26. The summed E-state index contributed by atoms with van der Waals surface area (Å²) in [4.78, 5) is 4.90. The molecule has 0 N–H and O–H groups in total. The van der Waals surface area contributed by atoms with Gasteiger partial charge >= 0.3 is 0 Å². The summed E-state index contributed by atoms with van der Waals surface area (Å²) in [5.74, 6) is 0.702. The molecule has 0 aromatic heterocycles. The third-order valence-electron chi connectivity index (χ3n) is 3.52. The van der Waals surface area contributed by atoms with Gasteiger partial charge in [0.15, 0.2) is 0 Å². The molecular weight excluding hydrogens is 198 g/mol. The molecule has 0 saturated carbocycles. The zero-order valence-corrected chi connectivity index (χ0v) is 11.1. The Morgan fingerprint density at radius 2 is 2.12 bits per heavy atom. The zero-order valence-electron chi connectivity index (χ0n) is 11.1. The van der Waals surface area contributed by atoms with Crippen LogP contribution < -0.4 is 0 Å². The standard InChI is InChI=1S/C13H25N3/c1-11(2)9-16-10-13(5-7-14)15(4)8-6-12(16)3/h11-13H,5-6,8-10H2,1-4H3. The summed E-state index contributed by atoms with van der Waals surface area (Å²) in [7, 11) is 2.15. The Balaban J connectivity index is 2.64. The van der Waals surface area contributed by atoms with Crippen LogP contribution >= 0.6 is 0 Å². The third-order valence-corrected chi connectivity index (χ3v) is 3.52. The van der Waals surface area contributed by atoms with E-state index in [1.54, 1.807) is 0 Å². The minimum atomic E-state index is 0.411. The van der Waals surface area contributed by atoms with E-state index < -0.39 is 0 Å². The van der Waals surface area contributed by atoms with Gasteiger partial charge in [-0.25, -0.2) is 0 Å².